The van der Waals surface area contributed by atoms with E-state index in [4.69, 9.17) is 4.74 Å². The Hall–Kier alpha value is -2.92. The van der Waals surface area contributed by atoms with E-state index in [9.17, 15) is 4.79 Å². The number of H-pyrrole nitrogens is 1. The molecule has 0 saturated heterocycles. The minimum absolute atomic E-state index is 0.00454. The van der Waals surface area contributed by atoms with E-state index in [1.54, 1.807) is 7.11 Å². The van der Waals surface area contributed by atoms with Crippen LogP contribution in [-0.4, -0.2) is 41.3 Å². The van der Waals surface area contributed by atoms with Gasteiger partial charge in [0, 0.05) is 31.4 Å². The normalized spacial score (nSPS) is 15.8. The number of rotatable bonds is 7. The van der Waals surface area contributed by atoms with Gasteiger partial charge < -0.3 is 9.64 Å². The van der Waals surface area contributed by atoms with Gasteiger partial charge in [-0.15, -0.1) is 0 Å². The van der Waals surface area contributed by atoms with E-state index in [-0.39, 0.29) is 11.9 Å². The smallest absolute Gasteiger partial charge is 0.273 e. The maximum atomic E-state index is 13.3. The minimum atomic E-state index is -0.152. The molecule has 0 aliphatic carbocycles. The summed E-state index contributed by atoms with van der Waals surface area (Å²) in [6.07, 6.45) is 0.792. The second-order valence-electron chi connectivity index (χ2n) is 8.30. The number of methoxy groups -OCH3 is 1. The molecule has 1 aliphatic rings. The molecule has 3 aromatic rings. The van der Waals surface area contributed by atoms with Gasteiger partial charge in [-0.25, -0.2) is 0 Å². The van der Waals surface area contributed by atoms with E-state index < -0.39 is 0 Å². The fourth-order valence-electron chi connectivity index (χ4n) is 4.15. The molecule has 156 valence electrons. The topological polar surface area (TPSA) is 58.2 Å². The maximum Gasteiger partial charge on any atom is 0.273 e. The van der Waals surface area contributed by atoms with Gasteiger partial charge in [-0.05, 0) is 30.4 Å². The summed E-state index contributed by atoms with van der Waals surface area (Å²) in [5.74, 6) is 0.472. The summed E-state index contributed by atoms with van der Waals surface area (Å²) < 4.78 is 5.22. The van der Waals surface area contributed by atoms with Crippen LogP contribution in [0.1, 0.15) is 65.0 Å². The van der Waals surface area contributed by atoms with Gasteiger partial charge in [-0.2, -0.15) is 5.10 Å². The molecule has 1 aliphatic heterocycles. The summed E-state index contributed by atoms with van der Waals surface area (Å²) in [5, 5.41) is 7.57. The van der Waals surface area contributed by atoms with Crippen molar-refractivity contribution in [3.63, 3.8) is 0 Å². The van der Waals surface area contributed by atoms with Crippen molar-refractivity contribution in [2.45, 2.75) is 39.2 Å². The number of benzene rings is 2. The summed E-state index contributed by atoms with van der Waals surface area (Å²) in [5.41, 5.74) is 7.04. The monoisotopic (exact) mass is 403 g/mol. The molecule has 1 amide bonds. The number of nitrogens with one attached hydrogen (secondary N) is 1. The van der Waals surface area contributed by atoms with Gasteiger partial charge in [0.15, 0.2) is 0 Å². The van der Waals surface area contributed by atoms with Crippen molar-refractivity contribution < 1.29 is 9.53 Å². The molecular weight excluding hydrogens is 374 g/mol. The van der Waals surface area contributed by atoms with Gasteiger partial charge in [0.05, 0.1) is 11.7 Å². The second kappa shape index (κ2) is 8.44. The molecule has 2 aromatic carbocycles. The van der Waals surface area contributed by atoms with E-state index in [1.807, 2.05) is 4.90 Å². The molecule has 0 fully saturated rings. The molecule has 0 spiro atoms. The molecule has 0 saturated carbocycles. The average molecular weight is 404 g/mol. The third-order valence-electron chi connectivity index (χ3n) is 5.86. The van der Waals surface area contributed by atoms with Crippen LogP contribution in [0.4, 0.5) is 0 Å². The number of carbonyl (C=O) groups is 1. The van der Waals surface area contributed by atoms with Gasteiger partial charge in [-0.1, -0.05) is 67.9 Å². The third kappa shape index (κ3) is 3.65. The zero-order chi connectivity index (χ0) is 21.3. The standard InChI is InChI=1S/C25H29N3O2/c1-16(2)18-10-12-20(13-11-18)24-21-22(19-8-6-17(3)7-9-19)26-27-23(21)25(29)28(24)14-5-15-30-4/h6-13,16,24H,5,14-15H2,1-4H3,(H,26,27). The Morgan fingerprint density at radius 1 is 1.10 bits per heavy atom. The Morgan fingerprint density at radius 3 is 2.43 bits per heavy atom. The lowest BCUT2D eigenvalue weighted by molar-refractivity contribution is 0.0723. The number of aryl methyl sites for hydroxylation is 1. The van der Waals surface area contributed by atoms with Crippen molar-refractivity contribution in [2.75, 3.05) is 20.3 Å². The highest BCUT2D eigenvalue weighted by Gasteiger charge is 2.41. The van der Waals surface area contributed by atoms with Crippen molar-refractivity contribution in [3.8, 4) is 11.3 Å². The van der Waals surface area contributed by atoms with Crippen LogP contribution in [0.2, 0.25) is 0 Å². The second-order valence-corrected chi connectivity index (χ2v) is 8.30. The highest BCUT2D eigenvalue weighted by molar-refractivity contribution is 6.00. The van der Waals surface area contributed by atoms with Gasteiger partial charge in [-0.3, -0.25) is 9.89 Å². The SMILES string of the molecule is COCCCN1C(=O)c2[nH]nc(-c3ccc(C)cc3)c2C1c1ccc(C(C)C)cc1. The fraction of sp³-hybridized carbons (Fsp3) is 0.360. The molecule has 5 nitrogen and oxygen atoms in total. The number of aromatic nitrogens is 2. The van der Waals surface area contributed by atoms with E-state index in [0.717, 1.165) is 28.8 Å². The van der Waals surface area contributed by atoms with Crippen molar-refractivity contribution in [1.82, 2.24) is 15.1 Å². The third-order valence-corrected chi connectivity index (χ3v) is 5.86. The minimum Gasteiger partial charge on any atom is -0.385 e. The Bertz CT molecular complexity index is 1020. The van der Waals surface area contributed by atoms with Crippen LogP contribution in [0.15, 0.2) is 48.5 Å². The first-order valence-corrected chi connectivity index (χ1v) is 10.6. The van der Waals surface area contributed by atoms with Crippen LogP contribution in [-0.2, 0) is 4.74 Å². The van der Waals surface area contributed by atoms with Crippen LogP contribution in [0.3, 0.4) is 0 Å². The van der Waals surface area contributed by atoms with Crippen molar-refractivity contribution in [2.24, 2.45) is 0 Å². The number of carbonyl (C=O) groups excluding carboxylic acids is 1. The largest absolute Gasteiger partial charge is 0.385 e. The van der Waals surface area contributed by atoms with Gasteiger partial charge in [0.2, 0.25) is 0 Å². The zero-order valence-electron chi connectivity index (χ0n) is 18.1. The number of aromatic amines is 1. The highest BCUT2D eigenvalue weighted by atomic mass is 16.5. The molecule has 30 heavy (non-hydrogen) atoms. The quantitative estimate of drug-likeness (QED) is 0.559. The number of nitrogens with zero attached hydrogens (tertiary/aromatic N) is 2. The number of amides is 1. The number of hydrogen-bond acceptors (Lipinski definition) is 3. The Labute approximate surface area is 178 Å². The zero-order valence-corrected chi connectivity index (χ0v) is 18.1. The predicted molar refractivity (Wildman–Crippen MR) is 119 cm³/mol. The Kier molecular flexibility index (Phi) is 5.73. The molecule has 1 atom stereocenters. The Morgan fingerprint density at radius 2 is 1.80 bits per heavy atom. The summed E-state index contributed by atoms with van der Waals surface area (Å²) in [6.45, 7) is 7.71. The van der Waals surface area contributed by atoms with E-state index >= 15 is 0 Å². The first-order chi connectivity index (χ1) is 14.5. The summed E-state index contributed by atoms with van der Waals surface area (Å²) in [7, 11) is 1.69. The predicted octanol–water partition coefficient (Wildman–Crippen LogP) is 5.09. The lowest BCUT2D eigenvalue weighted by Crippen LogP contribution is -2.31. The molecule has 1 aromatic heterocycles. The summed E-state index contributed by atoms with van der Waals surface area (Å²) >= 11 is 0. The van der Waals surface area contributed by atoms with Crippen LogP contribution in [0, 0.1) is 6.92 Å². The molecule has 0 radical (unpaired) electrons. The van der Waals surface area contributed by atoms with Gasteiger partial charge in [0.1, 0.15) is 5.69 Å². The van der Waals surface area contributed by atoms with Crippen molar-refractivity contribution >= 4 is 5.91 Å². The summed E-state index contributed by atoms with van der Waals surface area (Å²) in [6, 6.07) is 16.8. The van der Waals surface area contributed by atoms with Crippen molar-refractivity contribution in [3.05, 3.63) is 76.5 Å². The summed E-state index contributed by atoms with van der Waals surface area (Å²) in [4.78, 5) is 15.2. The number of fused-ring (bicyclic) bond motifs is 1. The van der Waals surface area contributed by atoms with Gasteiger partial charge in [0.25, 0.3) is 5.91 Å². The number of ether oxygens (including phenoxy) is 1. The maximum absolute atomic E-state index is 13.3. The lowest BCUT2D eigenvalue weighted by Gasteiger charge is -2.26. The molecule has 5 heteroatoms. The first-order valence-electron chi connectivity index (χ1n) is 10.6. The molecule has 2 heterocycles. The molecule has 1 unspecified atom stereocenters. The lowest BCUT2D eigenvalue weighted by atomic mass is 9.93. The number of hydrogen-bond donors (Lipinski definition) is 1. The van der Waals surface area contributed by atoms with Gasteiger partial charge >= 0.3 is 0 Å². The molecule has 0 bridgehead atoms. The molecule has 4 rings (SSSR count). The van der Waals surface area contributed by atoms with Crippen LogP contribution < -0.4 is 0 Å². The molecular formula is C25H29N3O2. The highest BCUT2D eigenvalue weighted by Crippen LogP contribution is 2.43. The van der Waals surface area contributed by atoms with Crippen LogP contribution >= 0.6 is 0 Å². The van der Waals surface area contributed by atoms with Crippen LogP contribution in [0.25, 0.3) is 11.3 Å². The Balaban J connectivity index is 1.79. The average Bonchev–Trinajstić information content (AvgIpc) is 3.28. The van der Waals surface area contributed by atoms with E-state index in [0.29, 0.717) is 24.8 Å². The van der Waals surface area contributed by atoms with E-state index in [2.05, 4.69) is 79.5 Å². The van der Waals surface area contributed by atoms with Crippen molar-refractivity contribution in [1.29, 1.82) is 0 Å². The fourth-order valence-corrected chi connectivity index (χ4v) is 4.15. The van der Waals surface area contributed by atoms with Crippen LogP contribution in [0.5, 0.6) is 0 Å². The van der Waals surface area contributed by atoms with E-state index in [1.165, 1.54) is 11.1 Å². The first kappa shape index (κ1) is 20.4. The molecule has 1 N–H and O–H groups in total.